The Morgan fingerprint density at radius 1 is 1.20 bits per heavy atom. The average molecular weight is 294 g/mol. The highest BCUT2D eigenvalue weighted by atomic mass is 35.5. The molecule has 0 aliphatic carbocycles. The van der Waals surface area contributed by atoms with Crippen molar-refractivity contribution in [2.45, 2.75) is 13.2 Å². The molecule has 1 amide bonds. The molecule has 3 nitrogen and oxygen atoms in total. The summed E-state index contributed by atoms with van der Waals surface area (Å²) >= 11 is 5.75. The minimum Gasteiger partial charge on any atom is -0.392 e. The van der Waals surface area contributed by atoms with Crippen LogP contribution in [0.2, 0.25) is 5.02 Å². The van der Waals surface area contributed by atoms with Crippen LogP contribution in [0.5, 0.6) is 0 Å². The minimum atomic E-state index is -0.623. The van der Waals surface area contributed by atoms with Gasteiger partial charge in [-0.25, -0.2) is 4.39 Å². The molecule has 0 heterocycles. The Morgan fingerprint density at radius 3 is 2.60 bits per heavy atom. The zero-order chi connectivity index (χ0) is 14.5. The van der Waals surface area contributed by atoms with Gasteiger partial charge in [-0.05, 0) is 29.3 Å². The summed E-state index contributed by atoms with van der Waals surface area (Å²) in [6.07, 6.45) is 0. The summed E-state index contributed by atoms with van der Waals surface area (Å²) in [6.45, 7) is 0.0963. The van der Waals surface area contributed by atoms with Crippen LogP contribution in [0.4, 0.5) is 4.39 Å². The summed E-state index contributed by atoms with van der Waals surface area (Å²) in [5.74, 6) is -1.17. The number of halogens is 2. The van der Waals surface area contributed by atoms with Gasteiger partial charge >= 0.3 is 0 Å². The lowest BCUT2D eigenvalue weighted by molar-refractivity contribution is 0.0946. The molecule has 104 valence electrons. The van der Waals surface area contributed by atoms with Crippen LogP contribution in [-0.2, 0) is 13.2 Å². The number of hydrogen-bond donors (Lipinski definition) is 2. The highest BCUT2D eigenvalue weighted by molar-refractivity contribution is 6.30. The van der Waals surface area contributed by atoms with E-state index < -0.39 is 11.7 Å². The molecule has 0 atom stereocenters. The molecule has 0 saturated carbocycles. The summed E-state index contributed by atoms with van der Waals surface area (Å²) in [6, 6.07) is 11.0. The first kappa shape index (κ1) is 14.5. The van der Waals surface area contributed by atoms with Gasteiger partial charge in [-0.15, -0.1) is 0 Å². The highest BCUT2D eigenvalue weighted by Crippen LogP contribution is 2.15. The van der Waals surface area contributed by atoms with Crippen molar-refractivity contribution in [2.24, 2.45) is 0 Å². The Labute approximate surface area is 121 Å². The van der Waals surface area contributed by atoms with Crippen LogP contribution in [-0.4, -0.2) is 11.0 Å². The zero-order valence-corrected chi connectivity index (χ0v) is 11.3. The molecule has 0 aliphatic rings. The van der Waals surface area contributed by atoms with Crippen molar-refractivity contribution in [3.8, 4) is 0 Å². The third-order valence-corrected chi connectivity index (χ3v) is 3.14. The summed E-state index contributed by atoms with van der Waals surface area (Å²) in [7, 11) is 0. The van der Waals surface area contributed by atoms with Gasteiger partial charge in [0.05, 0.1) is 12.2 Å². The topological polar surface area (TPSA) is 49.3 Å². The van der Waals surface area contributed by atoms with Crippen molar-refractivity contribution in [1.82, 2.24) is 5.32 Å². The number of amides is 1. The molecular weight excluding hydrogens is 281 g/mol. The van der Waals surface area contributed by atoms with Gasteiger partial charge in [0.15, 0.2) is 0 Å². The number of aliphatic hydroxyl groups is 1. The van der Waals surface area contributed by atoms with Crippen molar-refractivity contribution in [3.05, 3.63) is 70.0 Å². The Hall–Kier alpha value is -1.91. The average Bonchev–Trinajstić information content (AvgIpc) is 2.47. The van der Waals surface area contributed by atoms with E-state index in [9.17, 15) is 14.3 Å². The number of benzene rings is 2. The van der Waals surface area contributed by atoms with Crippen LogP contribution in [0.15, 0.2) is 42.5 Å². The summed E-state index contributed by atoms with van der Waals surface area (Å²) in [5.41, 5.74) is 1.41. The summed E-state index contributed by atoms with van der Waals surface area (Å²) < 4.78 is 13.5. The first-order valence-electron chi connectivity index (χ1n) is 6.02. The van der Waals surface area contributed by atoms with E-state index >= 15 is 0 Å². The molecule has 0 radical (unpaired) electrons. The van der Waals surface area contributed by atoms with E-state index in [1.165, 1.54) is 12.1 Å². The lowest BCUT2D eigenvalue weighted by Gasteiger charge is -2.09. The Balaban J connectivity index is 2.11. The Kier molecular flexibility index (Phi) is 4.71. The van der Waals surface area contributed by atoms with Gasteiger partial charge in [-0.2, -0.15) is 0 Å². The number of nitrogens with one attached hydrogen (secondary N) is 1. The van der Waals surface area contributed by atoms with Crippen LogP contribution in [0.25, 0.3) is 0 Å². The Morgan fingerprint density at radius 2 is 1.90 bits per heavy atom. The highest BCUT2D eigenvalue weighted by Gasteiger charge is 2.12. The smallest absolute Gasteiger partial charge is 0.254 e. The predicted molar refractivity (Wildman–Crippen MR) is 74.9 cm³/mol. The molecule has 0 fully saturated rings. The fourth-order valence-corrected chi connectivity index (χ4v) is 2.00. The second-order valence-electron chi connectivity index (χ2n) is 4.23. The molecule has 0 aromatic heterocycles. The van der Waals surface area contributed by atoms with E-state index in [0.717, 1.165) is 17.2 Å². The van der Waals surface area contributed by atoms with Crippen molar-refractivity contribution in [2.75, 3.05) is 0 Å². The van der Waals surface area contributed by atoms with Gasteiger partial charge in [-0.3, -0.25) is 4.79 Å². The number of hydrogen-bond acceptors (Lipinski definition) is 2. The third-order valence-electron chi connectivity index (χ3n) is 2.90. The SMILES string of the molecule is O=C(NCc1ccccc1CO)c1cc(Cl)ccc1F. The first-order valence-corrected chi connectivity index (χ1v) is 6.40. The monoisotopic (exact) mass is 293 g/mol. The fourth-order valence-electron chi connectivity index (χ4n) is 1.83. The summed E-state index contributed by atoms with van der Waals surface area (Å²) in [5, 5.41) is 12.1. The van der Waals surface area contributed by atoms with Gasteiger partial charge in [0.2, 0.25) is 0 Å². The van der Waals surface area contributed by atoms with Crippen LogP contribution in [0, 0.1) is 5.82 Å². The zero-order valence-electron chi connectivity index (χ0n) is 10.6. The second kappa shape index (κ2) is 6.50. The number of carbonyl (C=O) groups excluding carboxylic acids is 1. The van der Waals surface area contributed by atoms with E-state index in [0.29, 0.717) is 5.02 Å². The maximum atomic E-state index is 13.5. The van der Waals surface area contributed by atoms with Crippen molar-refractivity contribution < 1.29 is 14.3 Å². The second-order valence-corrected chi connectivity index (χ2v) is 4.67. The quantitative estimate of drug-likeness (QED) is 0.910. The Bertz CT molecular complexity index is 631. The van der Waals surface area contributed by atoms with E-state index in [2.05, 4.69) is 5.32 Å². The maximum absolute atomic E-state index is 13.5. The largest absolute Gasteiger partial charge is 0.392 e. The third kappa shape index (κ3) is 3.35. The van der Waals surface area contributed by atoms with Crippen molar-refractivity contribution >= 4 is 17.5 Å². The molecule has 20 heavy (non-hydrogen) atoms. The van der Waals surface area contributed by atoms with Crippen LogP contribution < -0.4 is 5.32 Å². The van der Waals surface area contributed by atoms with E-state index in [4.69, 9.17) is 11.6 Å². The van der Waals surface area contributed by atoms with Gasteiger partial charge in [-0.1, -0.05) is 35.9 Å². The standard InChI is InChI=1S/C15H13ClFNO2/c16-12-5-6-14(17)13(7-12)15(20)18-8-10-3-1-2-4-11(10)9-19/h1-7,19H,8-9H2,(H,18,20). The predicted octanol–water partition coefficient (Wildman–Crippen LogP) is 2.90. The first-order chi connectivity index (χ1) is 9.61. The lowest BCUT2D eigenvalue weighted by Crippen LogP contribution is -2.24. The molecule has 2 rings (SSSR count). The molecule has 0 saturated heterocycles. The van der Waals surface area contributed by atoms with Gasteiger partial charge in [0.1, 0.15) is 5.82 Å². The maximum Gasteiger partial charge on any atom is 0.254 e. The molecule has 0 spiro atoms. The molecule has 2 aromatic rings. The molecule has 2 aromatic carbocycles. The minimum absolute atomic E-state index is 0.0982. The number of carbonyl (C=O) groups is 1. The molecule has 5 heteroatoms. The molecular formula is C15H13ClFNO2. The lowest BCUT2D eigenvalue weighted by atomic mass is 10.1. The number of rotatable bonds is 4. The molecule has 0 aliphatic heterocycles. The van der Waals surface area contributed by atoms with E-state index in [1.807, 2.05) is 0 Å². The van der Waals surface area contributed by atoms with Crippen molar-refractivity contribution in [1.29, 1.82) is 0 Å². The molecule has 2 N–H and O–H groups in total. The molecule has 0 bridgehead atoms. The van der Waals surface area contributed by atoms with Crippen LogP contribution in [0.1, 0.15) is 21.5 Å². The normalized spacial score (nSPS) is 10.3. The van der Waals surface area contributed by atoms with Crippen LogP contribution >= 0.6 is 11.6 Å². The molecule has 0 unspecified atom stereocenters. The van der Waals surface area contributed by atoms with E-state index in [-0.39, 0.29) is 18.7 Å². The number of aliphatic hydroxyl groups excluding tert-OH is 1. The fraction of sp³-hybridized carbons (Fsp3) is 0.133. The van der Waals surface area contributed by atoms with E-state index in [1.54, 1.807) is 24.3 Å². The van der Waals surface area contributed by atoms with Gasteiger partial charge < -0.3 is 10.4 Å². The summed E-state index contributed by atoms with van der Waals surface area (Å²) in [4.78, 5) is 11.9. The van der Waals surface area contributed by atoms with Crippen LogP contribution in [0.3, 0.4) is 0 Å². The van der Waals surface area contributed by atoms with Gasteiger partial charge in [0, 0.05) is 11.6 Å². The van der Waals surface area contributed by atoms with Gasteiger partial charge in [0.25, 0.3) is 5.91 Å². The van der Waals surface area contributed by atoms with Crippen molar-refractivity contribution in [3.63, 3.8) is 0 Å².